The smallest absolute Gasteiger partial charge is 0.162 e. The lowest BCUT2D eigenvalue weighted by atomic mass is 10.1. The molecule has 0 saturated heterocycles. The van der Waals surface area contributed by atoms with Crippen LogP contribution in [-0.2, 0) is 6.54 Å². The molecule has 1 aliphatic rings. The average molecular weight is 390 g/mol. The molecule has 1 heterocycles. The molecule has 0 atom stereocenters. The van der Waals surface area contributed by atoms with Crippen molar-refractivity contribution in [2.24, 2.45) is 0 Å². The Hall–Kier alpha value is -3.54. The lowest BCUT2D eigenvalue weighted by molar-refractivity contribution is 0.478. The van der Waals surface area contributed by atoms with E-state index in [4.69, 9.17) is 0 Å². The number of aromatic hydroxyl groups is 2. The second-order valence-corrected chi connectivity index (χ2v) is 7.41. The minimum Gasteiger partial charge on any atom is -0.504 e. The van der Waals surface area contributed by atoms with Gasteiger partial charge in [0, 0.05) is 25.3 Å². The number of phenols is 2. The number of nitrogens with one attached hydrogen (secondary N) is 4. The maximum absolute atomic E-state index is 10.8. The van der Waals surface area contributed by atoms with E-state index in [1.165, 1.54) is 0 Å². The molecule has 3 aromatic carbocycles. The first kappa shape index (κ1) is 18.8. The molecule has 0 spiro atoms. The van der Waals surface area contributed by atoms with E-state index in [9.17, 15) is 10.2 Å². The molecule has 0 unspecified atom stereocenters. The van der Waals surface area contributed by atoms with Crippen LogP contribution in [0.3, 0.4) is 0 Å². The van der Waals surface area contributed by atoms with Gasteiger partial charge < -0.3 is 31.5 Å². The topological polar surface area (TPSA) is 88.6 Å². The van der Waals surface area contributed by atoms with E-state index in [-0.39, 0.29) is 11.5 Å². The van der Waals surface area contributed by atoms with Crippen molar-refractivity contribution in [3.05, 3.63) is 65.2 Å². The van der Waals surface area contributed by atoms with Crippen LogP contribution in [0.25, 0.3) is 0 Å². The Balaban J connectivity index is 1.77. The first-order valence-corrected chi connectivity index (χ1v) is 9.75. The zero-order chi connectivity index (χ0) is 20.4. The molecule has 0 saturated carbocycles. The molecule has 0 radical (unpaired) electrons. The molecule has 6 nitrogen and oxygen atoms in total. The van der Waals surface area contributed by atoms with E-state index < -0.39 is 0 Å². The molecule has 4 rings (SSSR count). The highest BCUT2D eigenvalue weighted by atomic mass is 16.3. The van der Waals surface area contributed by atoms with Crippen LogP contribution < -0.4 is 21.3 Å². The lowest BCUT2D eigenvalue weighted by Crippen LogP contribution is -2.14. The van der Waals surface area contributed by atoms with Crippen molar-refractivity contribution in [2.45, 2.75) is 20.4 Å². The second kappa shape index (κ2) is 7.83. The fraction of sp³-hybridized carbons (Fsp3) is 0.217. The SMILES string of the molecule is Cc1cc2c(O)c(c1)NCc1ccccc1Nc1cc(C)cc(c1O)NCCN2. The van der Waals surface area contributed by atoms with Crippen molar-refractivity contribution >= 4 is 28.4 Å². The second-order valence-electron chi connectivity index (χ2n) is 7.41. The maximum Gasteiger partial charge on any atom is 0.162 e. The number of benzene rings is 3. The third-order valence-corrected chi connectivity index (χ3v) is 5.02. The summed E-state index contributed by atoms with van der Waals surface area (Å²) in [7, 11) is 0. The molecule has 3 aromatic rings. The normalized spacial score (nSPS) is 13.4. The number of rotatable bonds is 0. The number of hydrogen-bond donors (Lipinski definition) is 6. The molecular weight excluding hydrogens is 364 g/mol. The van der Waals surface area contributed by atoms with E-state index in [1.807, 2.05) is 62.4 Å². The van der Waals surface area contributed by atoms with E-state index in [1.54, 1.807) is 0 Å². The van der Waals surface area contributed by atoms with Crippen molar-refractivity contribution < 1.29 is 10.2 Å². The van der Waals surface area contributed by atoms with Crippen LogP contribution in [0.2, 0.25) is 0 Å². The summed E-state index contributed by atoms with van der Waals surface area (Å²) in [5.41, 5.74) is 6.71. The summed E-state index contributed by atoms with van der Waals surface area (Å²) in [5.74, 6) is 0.391. The summed E-state index contributed by atoms with van der Waals surface area (Å²) < 4.78 is 0. The highest BCUT2D eigenvalue weighted by molar-refractivity contribution is 5.77. The third-order valence-electron chi connectivity index (χ3n) is 5.02. The number of hydrogen-bond acceptors (Lipinski definition) is 6. The Labute approximate surface area is 170 Å². The number of anilines is 5. The van der Waals surface area contributed by atoms with Crippen LogP contribution in [0, 0.1) is 13.8 Å². The van der Waals surface area contributed by atoms with Gasteiger partial charge in [0.05, 0.1) is 22.7 Å². The minimum absolute atomic E-state index is 0.187. The van der Waals surface area contributed by atoms with E-state index in [2.05, 4.69) is 21.3 Å². The zero-order valence-corrected chi connectivity index (χ0v) is 16.6. The van der Waals surface area contributed by atoms with Crippen LogP contribution in [0.15, 0.2) is 48.5 Å². The van der Waals surface area contributed by atoms with Crippen molar-refractivity contribution in [2.75, 3.05) is 34.4 Å². The molecule has 1 aliphatic heterocycles. The fourth-order valence-corrected chi connectivity index (χ4v) is 3.58. The molecule has 0 aromatic heterocycles. The fourth-order valence-electron chi connectivity index (χ4n) is 3.58. The number of fused-ring (bicyclic) bond motifs is 5. The number of phenolic OH excluding ortho intramolecular Hbond substituents is 2. The predicted molar refractivity (Wildman–Crippen MR) is 120 cm³/mol. The summed E-state index contributed by atoms with van der Waals surface area (Å²) in [5, 5.41) is 34.7. The van der Waals surface area contributed by atoms with E-state index >= 15 is 0 Å². The first-order valence-electron chi connectivity index (χ1n) is 9.75. The van der Waals surface area contributed by atoms with Crippen molar-refractivity contribution in [1.82, 2.24) is 0 Å². The Morgan fingerprint density at radius 1 is 0.655 bits per heavy atom. The minimum atomic E-state index is 0.187. The summed E-state index contributed by atoms with van der Waals surface area (Å²) in [6, 6.07) is 15.6. The van der Waals surface area contributed by atoms with Gasteiger partial charge in [-0.3, -0.25) is 0 Å². The Kier molecular flexibility index (Phi) is 5.08. The molecule has 0 aliphatic carbocycles. The van der Waals surface area contributed by atoms with Crippen LogP contribution in [-0.4, -0.2) is 23.3 Å². The lowest BCUT2D eigenvalue weighted by Gasteiger charge is -2.17. The monoisotopic (exact) mass is 390 g/mol. The summed E-state index contributed by atoms with van der Waals surface area (Å²) in [6.07, 6.45) is 0. The Morgan fingerprint density at radius 2 is 1.17 bits per heavy atom. The first-order chi connectivity index (χ1) is 14.0. The van der Waals surface area contributed by atoms with Crippen molar-refractivity contribution in [1.29, 1.82) is 0 Å². The molecule has 0 fully saturated rings. The Morgan fingerprint density at radius 3 is 1.83 bits per heavy atom. The predicted octanol–water partition coefficient (Wildman–Crippen LogP) is 4.91. The maximum atomic E-state index is 10.8. The zero-order valence-electron chi connectivity index (χ0n) is 16.6. The van der Waals surface area contributed by atoms with Crippen LogP contribution in [0.4, 0.5) is 28.4 Å². The third kappa shape index (κ3) is 4.01. The van der Waals surface area contributed by atoms with Crippen molar-refractivity contribution in [3.8, 4) is 11.5 Å². The molecule has 150 valence electrons. The van der Waals surface area contributed by atoms with Crippen molar-refractivity contribution in [3.63, 3.8) is 0 Å². The van der Waals surface area contributed by atoms with Crippen LogP contribution >= 0.6 is 0 Å². The van der Waals surface area contributed by atoms with Gasteiger partial charge in [-0.15, -0.1) is 0 Å². The van der Waals surface area contributed by atoms with E-state index in [0.29, 0.717) is 42.4 Å². The Bertz CT molecular complexity index is 1050. The van der Waals surface area contributed by atoms with Gasteiger partial charge in [-0.2, -0.15) is 0 Å². The summed E-state index contributed by atoms with van der Waals surface area (Å²) >= 11 is 0. The molecule has 6 N–H and O–H groups in total. The van der Waals surface area contributed by atoms with E-state index in [0.717, 1.165) is 22.4 Å². The number of aryl methyl sites for hydroxylation is 2. The average Bonchev–Trinajstić information content (AvgIpc) is 2.70. The summed E-state index contributed by atoms with van der Waals surface area (Å²) in [4.78, 5) is 0. The van der Waals surface area contributed by atoms with Crippen LogP contribution in [0.1, 0.15) is 16.7 Å². The standard InChI is InChI=1S/C23H26N4O2/c1-14-9-18-22(28)20(11-14)26-13-16-5-3-4-6-17(16)27-21-12-15(2)10-19(23(21)29)25-8-7-24-18/h3-6,9-12,24-29H,7-8,13H2,1-2H3. The van der Waals surface area contributed by atoms with Gasteiger partial charge in [-0.25, -0.2) is 0 Å². The highest BCUT2D eigenvalue weighted by Gasteiger charge is 2.13. The molecule has 0 amide bonds. The molecular formula is C23H26N4O2. The van der Waals surface area contributed by atoms with Gasteiger partial charge in [-0.05, 0) is 60.9 Å². The van der Waals surface area contributed by atoms with Gasteiger partial charge in [-0.1, -0.05) is 18.2 Å². The molecule has 6 heteroatoms. The summed E-state index contributed by atoms with van der Waals surface area (Å²) in [6.45, 7) is 5.71. The highest BCUT2D eigenvalue weighted by Crippen LogP contribution is 2.37. The molecule has 29 heavy (non-hydrogen) atoms. The number of para-hydroxylation sites is 1. The van der Waals surface area contributed by atoms with Gasteiger partial charge in [0.2, 0.25) is 0 Å². The quantitative estimate of drug-likeness (QED) is 0.306. The van der Waals surface area contributed by atoms with Gasteiger partial charge >= 0.3 is 0 Å². The van der Waals surface area contributed by atoms with Crippen LogP contribution in [0.5, 0.6) is 11.5 Å². The van der Waals surface area contributed by atoms with Gasteiger partial charge in [0.25, 0.3) is 0 Å². The van der Waals surface area contributed by atoms with Gasteiger partial charge in [0.1, 0.15) is 0 Å². The van der Waals surface area contributed by atoms with Gasteiger partial charge in [0.15, 0.2) is 11.5 Å². The largest absolute Gasteiger partial charge is 0.504 e. The molecule has 4 bridgehead atoms.